The molecule has 1 unspecified atom stereocenters. The van der Waals surface area contributed by atoms with Crippen molar-refractivity contribution in [1.82, 2.24) is 10.3 Å². The third-order valence-corrected chi connectivity index (χ3v) is 6.08. The number of carbonyl (C=O) groups excluding carboxylic acids is 2. The van der Waals surface area contributed by atoms with Gasteiger partial charge in [-0.05, 0) is 24.6 Å². The lowest BCUT2D eigenvalue weighted by Gasteiger charge is -2.20. The molecular weight excluding hydrogens is 398 g/mol. The summed E-state index contributed by atoms with van der Waals surface area (Å²) >= 11 is 1.55. The van der Waals surface area contributed by atoms with Crippen LogP contribution in [-0.2, 0) is 16.1 Å². The van der Waals surface area contributed by atoms with Gasteiger partial charge in [0.2, 0.25) is 11.8 Å². The minimum Gasteiger partial charge on any atom is -0.495 e. The van der Waals surface area contributed by atoms with Gasteiger partial charge in [0, 0.05) is 23.9 Å². The van der Waals surface area contributed by atoms with Crippen molar-refractivity contribution in [2.75, 3.05) is 18.6 Å². The van der Waals surface area contributed by atoms with E-state index in [0.717, 1.165) is 21.8 Å². The number of thiazole rings is 1. The van der Waals surface area contributed by atoms with Crippen LogP contribution >= 0.6 is 11.3 Å². The minimum atomic E-state index is -0.394. The highest BCUT2D eigenvalue weighted by molar-refractivity contribution is 7.13. The molecule has 30 heavy (non-hydrogen) atoms. The Balaban J connectivity index is 1.39. The summed E-state index contributed by atoms with van der Waals surface area (Å²) in [7, 11) is 1.58. The molecule has 0 spiro atoms. The summed E-state index contributed by atoms with van der Waals surface area (Å²) in [5, 5.41) is 5.81. The summed E-state index contributed by atoms with van der Waals surface area (Å²) in [5.41, 5.74) is 3.62. The van der Waals surface area contributed by atoms with Crippen molar-refractivity contribution in [2.24, 2.45) is 5.92 Å². The molecule has 0 aliphatic carbocycles. The number of rotatable bonds is 6. The van der Waals surface area contributed by atoms with E-state index in [1.807, 2.05) is 60.8 Å². The van der Waals surface area contributed by atoms with Gasteiger partial charge in [-0.2, -0.15) is 0 Å². The quantitative estimate of drug-likeness (QED) is 0.657. The molecule has 1 N–H and O–H groups in total. The molecule has 154 valence electrons. The van der Waals surface area contributed by atoms with Crippen molar-refractivity contribution >= 4 is 28.8 Å². The Bertz CT molecular complexity index is 1060. The number of hydrogen-bond acceptors (Lipinski definition) is 5. The van der Waals surface area contributed by atoms with Gasteiger partial charge in [0.1, 0.15) is 10.8 Å². The molecule has 1 aromatic heterocycles. The fourth-order valence-electron chi connectivity index (χ4n) is 3.55. The maximum atomic E-state index is 12.7. The Labute approximate surface area is 179 Å². The highest BCUT2D eigenvalue weighted by atomic mass is 32.1. The molecule has 2 aromatic carbocycles. The first kappa shape index (κ1) is 20.1. The van der Waals surface area contributed by atoms with Crippen LogP contribution < -0.4 is 15.0 Å². The highest BCUT2D eigenvalue weighted by Crippen LogP contribution is 2.34. The van der Waals surface area contributed by atoms with Gasteiger partial charge in [0.05, 0.1) is 31.0 Å². The van der Waals surface area contributed by atoms with Crippen LogP contribution in [0.3, 0.4) is 0 Å². The van der Waals surface area contributed by atoms with Crippen LogP contribution in [-0.4, -0.2) is 30.5 Å². The standard InChI is InChI=1S/C23H23N3O3S/c1-15-8-9-20(29-2)19(10-15)26-13-17(11-21(26)27)22(28)24-12-18-14-30-23(25-18)16-6-4-3-5-7-16/h3-10,14,17H,11-13H2,1-2H3,(H,24,28). The van der Waals surface area contributed by atoms with Gasteiger partial charge in [0.15, 0.2) is 0 Å². The summed E-state index contributed by atoms with van der Waals surface area (Å²) in [6, 6.07) is 15.6. The first-order chi connectivity index (χ1) is 14.5. The number of hydrogen-bond donors (Lipinski definition) is 1. The van der Waals surface area contributed by atoms with Crippen LogP contribution in [0.1, 0.15) is 17.7 Å². The van der Waals surface area contributed by atoms with E-state index in [9.17, 15) is 9.59 Å². The number of carbonyl (C=O) groups is 2. The largest absolute Gasteiger partial charge is 0.495 e. The second-order valence-corrected chi connectivity index (χ2v) is 8.17. The molecule has 1 aliphatic heterocycles. The minimum absolute atomic E-state index is 0.0703. The molecule has 1 atom stereocenters. The third-order valence-electron chi connectivity index (χ3n) is 5.14. The lowest BCUT2D eigenvalue weighted by molar-refractivity contribution is -0.126. The van der Waals surface area contributed by atoms with Crippen LogP contribution in [0.2, 0.25) is 0 Å². The van der Waals surface area contributed by atoms with E-state index in [4.69, 9.17) is 4.74 Å². The topological polar surface area (TPSA) is 71.5 Å². The average molecular weight is 422 g/mol. The van der Waals surface area contributed by atoms with Crippen LogP contribution in [0.15, 0.2) is 53.9 Å². The number of benzene rings is 2. The van der Waals surface area contributed by atoms with Gasteiger partial charge >= 0.3 is 0 Å². The zero-order valence-corrected chi connectivity index (χ0v) is 17.7. The van der Waals surface area contributed by atoms with E-state index in [1.54, 1.807) is 23.3 Å². The van der Waals surface area contributed by atoms with Gasteiger partial charge in [-0.3, -0.25) is 9.59 Å². The number of methoxy groups -OCH3 is 1. The molecule has 3 aromatic rings. The maximum absolute atomic E-state index is 12.7. The van der Waals surface area contributed by atoms with Crippen molar-refractivity contribution in [3.05, 3.63) is 65.2 Å². The van der Waals surface area contributed by atoms with Gasteiger partial charge in [-0.15, -0.1) is 11.3 Å². The number of nitrogens with one attached hydrogen (secondary N) is 1. The summed E-state index contributed by atoms with van der Waals surface area (Å²) in [5.74, 6) is 0.0340. The van der Waals surface area contributed by atoms with E-state index in [1.165, 1.54) is 0 Å². The molecule has 0 radical (unpaired) electrons. The number of nitrogens with zero attached hydrogens (tertiary/aromatic N) is 2. The van der Waals surface area contributed by atoms with Crippen LogP contribution in [0.25, 0.3) is 10.6 Å². The zero-order chi connectivity index (χ0) is 21.1. The molecule has 0 bridgehead atoms. The first-order valence-corrected chi connectivity index (χ1v) is 10.7. The number of aromatic nitrogens is 1. The number of aryl methyl sites for hydroxylation is 1. The monoisotopic (exact) mass is 421 g/mol. The average Bonchev–Trinajstić information content (AvgIpc) is 3.39. The van der Waals surface area contributed by atoms with Crippen molar-refractivity contribution in [2.45, 2.75) is 19.9 Å². The molecule has 1 aliphatic rings. The Kier molecular flexibility index (Phi) is 5.81. The van der Waals surface area contributed by atoms with Crippen LogP contribution in [0.5, 0.6) is 5.75 Å². The molecule has 2 amide bonds. The van der Waals surface area contributed by atoms with Crippen molar-refractivity contribution < 1.29 is 14.3 Å². The zero-order valence-electron chi connectivity index (χ0n) is 16.9. The maximum Gasteiger partial charge on any atom is 0.227 e. The van der Waals surface area contributed by atoms with Crippen molar-refractivity contribution in [1.29, 1.82) is 0 Å². The molecular formula is C23H23N3O3S. The molecule has 0 saturated carbocycles. The SMILES string of the molecule is COc1ccc(C)cc1N1CC(C(=O)NCc2csc(-c3ccccc3)n2)CC1=O. The lowest BCUT2D eigenvalue weighted by atomic mass is 10.1. The number of amides is 2. The van der Waals surface area contributed by atoms with Gasteiger partial charge in [-0.1, -0.05) is 36.4 Å². The van der Waals surface area contributed by atoms with Crippen LogP contribution in [0, 0.1) is 12.8 Å². The molecule has 4 rings (SSSR count). The normalized spacial score (nSPS) is 16.0. The molecule has 1 fully saturated rings. The number of ether oxygens (including phenoxy) is 1. The first-order valence-electron chi connectivity index (χ1n) is 9.77. The summed E-state index contributed by atoms with van der Waals surface area (Å²) in [4.78, 5) is 31.5. The van der Waals surface area contributed by atoms with E-state index in [-0.39, 0.29) is 18.2 Å². The predicted molar refractivity (Wildman–Crippen MR) is 118 cm³/mol. The van der Waals surface area contributed by atoms with Crippen molar-refractivity contribution in [3.8, 4) is 16.3 Å². The molecule has 2 heterocycles. The summed E-state index contributed by atoms with van der Waals surface area (Å²) in [6.45, 7) is 2.66. The predicted octanol–water partition coefficient (Wildman–Crippen LogP) is 3.80. The summed E-state index contributed by atoms with van der Waals surface area (Å²) in [6.07, 6.45) is 0.190. The van der Waals surface area contributed by atoms with Crippen molar-refractivity contribution in [3.63, 3.8) is 0 Å². The Morgan fingerprint density at radius 2 is 2.07 bits per heavy atom. The smallest absolute Gasteiger partial charge is 0.227 e. The Morgan fingerprint density at radius 3 is 2.83 bits per heavy atom. The Morgan fingerprint density at radius 1 is 1.27 bits per heavy atom. The second-order valence-electron chi connectivity index (χ2n) is 7.31. The van der Waals surface area contributed by atoms with E-state index in [0.29, 0.717) is 24.5 Å². The summed E-state index contributed by atoms with van der Waals surface area (Å²) < 4.78 is 5.40. The third kappa shape index (κ3) is 4.21. The van der Waals surface area contributed by atoms with E-state index in [2.05, 4.69) is 10.3 Å². The fourth-order valence-corrected chi connectivity index (χ4v) is 4.38. The van der Waals surface area contributed by atoms with Gasteiger partial charge in [-0.25, -0.2) is 4.98 Å². The second kappa shape index (κ2) is 8.67. The Hall–Kier alpha value is -3.19. The molecule has 6 nitrogen and oxygen atoms in total. The van der Waals surface area contributed by atoms with Gasteiger partial charge < -0.3 is 15.0 Å². The highest BCUT2D eigenvalue weighted by Gasteiger charge is 2.36. The molecule has 7 heteroatoms. The van der Waals surface area contributed by atoms with E-state index < -0.39 is 5.92 Å². The molecule has 1 saturated heterocycles. The lowest BCUT2D eigenvalue weighted by Crippen LogP contribution is -2.32. The van der Waals surface area contributed by atoms with Crippen LogP contribution in [0.4, 0.5) is 5.69 Å². The van der Waals surface area contributed by atoms with E-state index >= 15 is 0 Å². The number of anilines is 1. The van der Waals surface area contributed by atoms with Gasteiger partial charge in [0.25, 0.3) is 0 Å². The fraction of sp³-hybridized carbons (Fsp3) is 0.261.